The predicted molar refractivity (Wildman–Crippen MR) is 121 cm³/mol. The molecule has 0 radical (unpaired) electrons. The highest BCUT2D eigenvalue weighted by Gasteiger charge is 2.24. The van der Waals surface area contributed by atoms with E-state index in [0.717, 1.165) is 40.3 Å². The van der Waals surface area contributed by atoms with Gasteiger partial charge in [0.2, 0.25) is 5.91 Å². The van der Waals surface area contributed by atoms with E-state index in [4.69, 9.17) is 21.1 Å². The molecular formula is C24H29ClN2O4. The monoisotopic (exact) mass is 444 g/mol. The Kier molecular flexibility index (Phi) is 7.80. The lowest BCUT2D eigenvalue weighted by atomic mass is 10.0. The number of hydrogen-bond acceptors (Lipinski definition) is 4. The van der Waals surface area contributed by atoms with Crippen LogP contribution in [0.1, 0.15) is 29.5 Å². The quantitative estimate of drug-likeness (QED) is 0.707. The first-order chi connectivity index (χ1) is 14.9. The van der Waals surface area contributed by atoms with Crippen molar-refractivity contribution in [3.63, 3.8) is 0 Å². The molecule has 0 spiro atoms. The van der Waals surface area contributed by atoms with E-state index < -0.39 is 0 Å². The molecule has 1 aliphatic rings. The largest absolute Gasteiger partial charge is 0.497 e. The molecular weight excluding hydrogens is 416 g/mol. The Balaban J connectivity index is 1.41. The minimum absolute atomic E-state index is 0.00495. The van der Waals surface area contributed by atoms with Gasteiger partial charge in [0.25, 0.3) is 5.91 Å². The van der Waals surface area contributed by atoms with E-state index in [9.17, 15) is 9.59 Å². The summed E-state index contributed by atoms with van der Waals surface area (Å²) in [6.45, 7) is 5.03. The number of methoxy groups -OCH3 is 1. The predicted octanol–water partition coefficient (Wildman–Crippen LogP) is 3.69. The van der Waals surface area contributed by atoms with Crippen molar-refractivity contribution in [1.82, 2.24) is 10.2 Å². The molecule has 1 aliphatic heterocycles. The average molecular weight is 445 g/mol. The minimum atomic E-state index is -0.0479. The first-order valence-corrected chi connectivity index (χ1v) is 10.8. The molecule has 0 saturated carbocycles. The van der Waals surface area contributed by atoms with Crippen LogP contribution in [0.25, 0.3) is 0 Å². The Morgan fingerprint density at radius 2 is 1.68 bits per heavy atom. The van der Waals surface area contributed by atoms with E-state index in [0.29, 0.717) is 25.3 Å². The Labute approximate surface area is 188 Å². The first kappa shape index (κ1) is 22.9. The molecule has 0 aromatic heterocycles. The molecule has 31 heavy (non-hydrogen) atoms. The van der Waals surface area contributed by atoms with Crippen LogP contribution in [-0.4, -0.2) is 49.6 Å². The SMILES string of the molecule is COc1ccc(CC(=O)NC2CCN(C(=O)COc3cc(C)c(Cl)c(C)c3)CC2)cc1. The number of likely N-dealkylation sites (tertiary alicyclic amines) is 1. The summed E-state index contributed by atoms with van der Waals surface area (Å²) < 4.78 is 10.8. The van der Waals surface area contributed by atoms with E-state index in [1.165, 1.54) is 0 Å². The van der Waals surface area contributed by atoms with Crippen molar-refractivity contribution in [2.24, 2.45) is 0 Å². The highest BCUT2D eigenvalue weighted by molar-refractivity contribution is 6.32. The third kappa shape index (κ3) is 6.37. The number of nitrogens with zero attached hydrogens (tertiary/aromatic N) is 1. The van der Waals surface area contributed by atoms with E-state index in [-0.39, 0.29) is 24.5 Å². The topological polar surface area (TPSA) is 67.9 Å². The van der Waals surface area contributed by atoms with Crippen molar-refractivity contribution in [2.75, 3.05) is 26.8 Å². The zero-order valence-electron chi connectivity index (χ0n) is 18.2. The summed E-state index contributed by atoms with van der Waals surface area (Å²) in [4.78, 5) is 26.6. The van der Waals surface area contributed by atoms with Crippen LogP contribution in [0.2, 0.25) is 5.02 Å². The highest BCUT2D eigenvalue weighted by atomic mass is 35.5. The molecule has 1 heterocycles. The number of ether oxygens (including phenoxy) is 2. The maximum absolute atomic E-state index is 12.5. The van der Waals surface area contributed by atoms with Crippen LogP contribution in [0.5, 0.6) is 11.5 Å². The lowest BCUT2D eigenvalue weighted by Gasteiger charge is -2.32. The van der Waals surface area contributed by atoms with Gasteiger partial charge in [-0.25, -0.2) is 0 Å². The lowest BCUT2D eigenvalue weighted by molar-refractivity contribution is -0.134. The average Bonchev–Trinajstić information content (AvgIpc) is 2.76. The summed E-state index contributed by atoms with van der Waals surface area (Å²) >= 11 is 6.18. The zero-order chi connectivity index (χ0) is 22.4. The van der Waals surface area contributed by atoms with Gasteiger partial charge >= 0.3 is 0 Å². The number of carbonyl (C=O) groups is 2. The summed E-state index contributed by atoms with van der Waals surface area (Å²) in [5.74, 6) is 1.36. The molecule has 0 unspecified atom stereocenters. The molecule has 0 aliphatic carbocycles. The normalized spacial score (nSPS) is 14.3. The summed E-state index contributed by atoms with van der Waals surface area (Å²) in [5, 5.41) is 3.80. The van der Waals surface area contributed by atoms with E-state index >= 15 is 0 Å². The van der Waals surface area contributed by atoms with Crippen LogP contribution in [0, 0.1) is 13.8 Å². The fourth-order valence-electron chi connectivity index (χ4n) is 3.71. The molecule has 2 aromatic carbocycles. The van der Waals surface area contributed by atoms with E-state index in [2.05, 4.69) is 5.32 Å². The van der Waals surface area contributed by atoms with Gasteiger partial charge in [-0.05, 0) is 67.6 Å². The van der Waals surface area contributed by atoms with Crippen molar-refractivity contribution < 1.29 is 19.1 Å². The summed E-state index contributed by atoms with van der Waals surface area (Å²) in [6.07, 6.45) is 1.80. The van der Waals surface area contributed by atoms with Gasteiger partial charge in [0.15, 0.2) is 6.61 Å². The van der Waals surface area contributed by atoms with Crippen molar-refractivity contribution in [3.05, 3.63) is 58.1 Å². The molecule has 3 rings (SSSR count). The second kappa shape index (κ2) is 10.5. The van der Waals surface area contributed by atoms with Gasteiger partial charge in [-0.3, -0.25) is 9.59 Å². The second-order valence-electron chi connectivity index (χ2n) is 7.91. The van der Waals surface area contributed by atoms with E-state index in [1.807, 2.05) is 50.2 Å². The first-order valence-electron chi connectivity index (χ1n) is 10.5. The summed E-state index contributed by atoms with van der Waals surface area (Å²) in [5.41, 5.74) is 2.79. The molecule has 0 bridgehead atoms. The molecule has 2 amide bonds. The van der Waals surface area contributed by atoms with Gasteiger partial charge in [-0.15, -0.1) is 0 Å². The van der Waals surface area contributed by atoms with Crippen molar-refractivity contribution in [2.45, 2.75) is 39.2 Å². The molecule has 0 atom stereocenters. The number of amides is 2. The molecule has 7 heteroatoms. The van der Waals surface area contributed by atoms with Crippen molar-refractivity contribution in [3.8, 4) is 11.5 Å². The second-order valence-corrected chi connectivity index (χ2v) is 8.29. The van der Waals surface area contributed by atoms with Crippen LogP contribution in [0.3, 0.4) is 0 Å². The van der Waals surface area contributed by atoms with Gasteiger partial charge in [-0.2, -0.15) is 0 Å². The van der Waals surface area contributed by atoms with Gasteiger partial charge in [0, 0.05) is 24.2 Å². The number of aryl methyl sites for hydroxylation is 2. The minimum Gasteiger partial charge on any atom is -0.497 e. The van der Waals surface area contributed by atoms with Crippen molar-refractivity contribution in [1.29, 1.82) is 0 Å². The molecule has 1 N–H and O–H groups in total. The Hall–Kier alpha value is -2.73. The smallest absolute Gasteiger partial charge is 0.260 e. The maximum Gasteiger partial charge on any atom is 0.260 e. The van der Waals surface area contributed by atoms with Crippen LogP contribution in [-0.2, 0) is 16.0 Å². The Morgan fingerprint density at radius 1 is 1.06 bits per heavy atom. The van der Waals surface area contributed by atoms with E-state index in [1.54, 1.807) is 12.0 Å². The van der Waals surface area contributed by atoms with Crippen LogP contribution < -0.4 is 14.8 Å². The third-order valence-corrected chi connectivity index (χ3v) is 6.10. The molecule has 2 aromatic rings. The Bertz CT molecular complexity index is 899. The highest BCUT2D eigenvalue weighted by Crippen LogP contribution is 2.26. The van der Waals surface area contributed by atoms with Crippen LogP contribution in [0.4, 0.5) is 0 Å². The third-order valence-electron chi connectivity index (χ3n) is 5.51. The Morgan fingerprint density at radius 3 is 2.26 bits per heavy atom. The number of benzene rings is 2. The molecule has 1 fully saturated rings. The zero-order valence-corrected chi connectivity index (χ0v) is 19.0. The fraction of sp³-hybridized carbons (Fsp3) is 0.417. The number of piperidine rings is 1. The van der Waals surface area contributed by atoms with Gasteiger partial charge in [0.05, 0.1) is 13.5 Å². The fourth-order valence-corrected chi connectivity index (χ4v) is 3.82. The number of carbonyl (C=O) groups excluding carboxylic acids is 2. The number of hydrogen-bond donors (Lipinski definition) is 1. The van der Waals surface area contributed by atoms with Gasteiger partial charge in [-0.1, -0.05) is 23.7 Å². The summed E-state index contributed by atoms with van der Waals surface area (Å²) in [6, 6.07) is 11.2. The summed E-state index contributed by atoms with van der Waals surface area (Å²) in [7, 11) is 1.62. The standard InChI is InChI=1S/C24H29ClN2O4/c1-16-12-21(13-17(2)24(16)25)31-15-23(29)27-10-8-19(9-11-27)26-22(28)14-18-4-6-20(30-3)7-5-18/h4-7,12-13,19H,8-11,14-15H2,1-3H3,(H,26,28). The van der Waals surface area contributed by atoms with Crippen molar-refractivity contribution >= 4 is 23.4 Å². The number of nitrogens with one attached hydrogen (secondary N) is 1. The van der Waals surface area contributed by atoms with Crippen LogP contribution in [0.15, 0.2) is 36.4 Å². The van der Waals surface area contributed by atoms with Gasteiger partial charge in [0.1, 0.15) is 11.5 Å². The maximum atomic E-state index is 12.5. The molecule has 6 nitrogen and oxygen atoms in total. The molecule has 1 saturated heterocycles. The number of rotatable bonds is 7. The lowest BCUT2D eigenvalue weighted by Crippen LogP contribution is -2.48. The molecule has 166 valence electrons. The van der Waals surface area contributed by atoms with Crippen LogP contribution >= 0.6 is 11.6 Å². The number of halogens is 1. The van der Waals surface area contributed by atoms with Gasteiger partial charge < -0.3 is 19.7 Å².